The van der Waals surface area contributed by atoms with E-state index in [0.29, 0.717) is 17.9 Å². The first-order valence-electron chi connectivity index (χ1n) is 7.93. The molecule has 0 N–H and O–H groups in total. The first kappa shape index (κ1) is 18.7. The highest BCUT2D eigenvalue weighted by Gasteiger charge is 2.19. The molecular formula is C18H22N2O5. The van der Waals surface area contributed by atoms with Crippen molar-refractivity contribution in [2.24, 2.45) is 0 Å². The van der Waals surface area contributed by atoms with Crippen molar-refractivity contribution in [1.29, 1.82) is 0 Å². The van der Waals surface area contributed by atoms with Gasteiger partial charge in [-0.25, -0.2) is 0 Å². The van der Waals surface area contributed by atoms with Gasteiger partial charge in [0.05, 0.1) is 17.6 Å². The van der Waals surface area contributed by atoms with E-state index in [2.05, 4.69) is 4.57 Å². The summed E-state index contributed by atoms with van der Waals surface area (Å²) in [6.45, 7) is 6.32. The molecule has 0 aliphatic heterocycles. The van der Waals surface area contributed by atoms with Gasteiger partial charge in [0.1, 0.15) is 5.75 Å². The van der Waals surface area contributed by atoms with E-state index in [1.165, 1.54) is 24.3 Å². The van der Waals surface area contributed by atoms with Crippen molar-refractivity contribution in [3.63, 3.8) is 0 Å². The van der Waals surface area contributed by atoms with E-state index in [4.69, 9.17) is 9.47 Å². The van der Waals surface area contributed by atoms with E-state index in [1.54, 1.807) is 7.11 Å². The lowest BCUT2D eigenvalue weighted by molar-refractivity contribution is -0.384. The van der Waals surface area contributed by atoms with Gasteiger partial charge in [0.2, 0.25) is 5.78 Å². The van der Waals surface area contributed by atoms with Crippen LogP contribution in [-0.4, -0.2) is 35.6 Å². The molecule has 0 fully saturated rings. The first-order valence-corrected chi connectivity index (χ1v) is 7.93. The monoisotopic (exact) mass is 346 g/mol. The van der Waals surface area contributed by atoms with E-state index < -0.39 is 4.92 Å². The molecule has 1 aromatic heterocycles. The zero-order chi connectivity index (χ0) is 18.6. The number of benzene rings is 1. The van der Waals surface area contributed by atoms with E-state index in [0.717, 1.165) is 11.4 Å². The summed E-state index contributed by atoms with van der Waals surface area (Å²) < 4.78 is 12.7. The van der Waals surface area contributed by atoms with Gasteiger partial charge in [0.25, 0.3) is 5.69 Å². The number of non-ortho nitro benzene ring substituents is 1. The number of nitro groups is 1. The Labute approximate surface area is 146 Å². The third-order valence-electron chi connectivity index (χ3n) is 4.05. The standard InChI is InChI=1S/C18H22N2O5/c1-12-9-17(14(3)19(12)13(2)10-24-4)18(21)11-25-16-7-5-15(6-8-16)20(22)23/h5-9,13H,10-11H2,1-4H3/t13-/m0/s1. The van der Waals surface area contributed by atoms with E-state index in [9.17, 15) is 14.9 Å². The average molecular weight is 346 g/mol. The lowest BCUT2D eigenvalue weighted by atomic mass is 10.1. The number of carbonyl (C=O) groups is 1. The van der Waals surface area contributed by atoms with Gasteiger partial charge >= 0.3 is 0 Å². The molecule has 0 saturated carbocycles. The van der Waals surface area contributed by atoms with E-state index in [1.807, 2.05) is 26.8 Å². The summed E-state index contributed by atoms with van der Waals surface area (Å²) in [6.07, 6.45) is 0. The zero-order valence-electron chi connectivity index (χ0n) is 14.8. The van der Waals surface area contributed by atoms with Crippen molar-refractivity contribution in [2.45, 2.75) is 26.8 Å². The molecule has 0 amide bonds. The van der Waals surface area contributed by atoms with Crippen molar-refractivity contribution in [2.75, 3.05) is 20.3 Å². The minimum atomic E-state index is -0.481. The number of aromatic nitrogens is 1. The Bertz CT molecular complexity index is 765. The van der Waals surface area contributed by atoms with Crippen LogP contribution >= 0.6 is 0 Å². The zero-order valence-corrected chi connectivity index (χ0v) is 14.8. The molecule has 0 radical (unpaired) electrons. The molecule has 0 aliphatic rings. The van der Waals surface area contributed by atoms with Crippen molar-refractivity contribution >= 4 is 11.5 Å². The smallest absolute Gasteiger partial charge is 0.269 e. The molecule has 0 unspecified atom stereocenters. The summed E-state index contributed by atoms with van der Waals surface area (Å²) in [6, 6.07) is 7.63. The number of nitro benzene ring substituents is 1. The highest BCUT2D eigenvalue weighted by atomic mass is 16.6. The number of ether oxygens (including phenoxy) is 2. The maximum atomic E-state index is 12.5. The van der Waals surface area contributed by atoms with Crippen molar-refractivity contribution in [3.05, 3.63) is 57.4 Å². The minimum Gasteiger partial charge on any atom is -0.485 e. The number of carbonyl (C=O) groups excluding carboxylic acids is 1. The molecule has 0 spiro atoms. The Morgan fingerprint density at radius 3 is 2.48 bits per heavy atom. The topological polar surface area (TPSA) is 83.6 Å². The van der Waals surface area contributed by atoms with Gasteiger partial charge in [0, 0.05) is 36.2 Å². The van der Waals surface area contributed by atoms with Crippen LogP contribution in [0.15, 0.2) is 30.3 Å². The maximum absolute atomic E-state index is 12.5. The largest absolute Gasteiger partial charge is 0.485 e. The normalized spacial score (nSPS) is 12.0. The van der Waals surface area contributed by atoms with Crippen LogP contribution in [-0.2, 0) is 4.74 Å². The Balaban J connectivity index is 2.08. The van der Waals surface area contributed by atoms with Crippen LogP contribution in [0, 0.1) is 24.0 Å². The minimum absolute atomic E-state index is 0.0191. The lowest BCUT2D eigenvalue weighted by Crippen LogP contribution is -2.16. The van der Waals surface area contributed by atoms with Crippen molar-refractivity contribution < 1.29 is 19.2 Å². The predicted octanol–water partition coefficient (Wildman–Crippen LogP) is 3.48. The molecule has 7 nitrogen and oxygen atoms in total. The Kier molecular flexibility index (Phi) is 5.93. The number of rotatable bonds is 8. The SMILES string of the molecule is COC[C@H](C)n1c(C)cc(C(=O)COc2ccc([N+](=O)[O-])cc2)c1C. The van der Waals surface area contributed by atoms with Crippen molar-refractivity contribution in [1.82, 2.24) is 4.57 Å². The van der Waals surface area contributed by atoms with Gasteiger partial charge in [-0.3, -0.25) is 14.9 Å². The second-order valence-corrected chi connectivity index (χ2v) is 5.92. The summed E-state index contributed by atoms with van der Waals surface area (Å²) in [5.41, 5.74) is 2.46. The summed E-state index contributed by atoms with van der Waals surface area (Å²) in [5, 5.41) is 10.6. The average Bonchev–Trinajstić information content (AvgIpc) is 2.88. The Morgan fingerprint density at radius 2 is 1.92 bits per heavy atom. The van der Waals surface area contributed by atoms with Gasteiger partial charge in [-0.05, 0) is 39.0 Å². The molecule has 2 rings (SSSR count). The number of methoxy groups -OCH3 is 1. The quantitative estimate of drug-likeness (QED) is 0.415. The molecule has 1 atom stereocenters. The molecule has 0 aliphatic carbocycles. The molecule has 1 aromatic carbocycles. The van der Waals surface area contributed by atoms with Crippen LogP contribution in [0.2, 0.25) is 0 Å². The molecule has 7 heteroatoms. The Morgan fingerprint density at radius 1 is 1.28 bits per heavy atom. The summed E-state index contributed by atoms with van der Waals surface area (Å²) in [5.74, 6) is 0.280. The molecule has 0 saturated heterocycles. The van der Waals surface area contributed by atoms with Gasteiger partial charge in [-0.1, -0.05) is 0 Å². The number of hydrogen-bond acceptors (Lipinski definition) is 5. The summed E-state index contributed by atoms with van der Waals surface area (Å²) in [4.78, 5) is 22.6. The fourth-order valence-electron chi connectivity index (χ4n) is 2.94. The van der Waals surface area contributed by atoms with Gasteiger partial charge in [-0.15, -0.1) is 0 Å². The molecule has 2 aromatic rings. The number of Topliss-reactive ketones (excluding diaryl/α,β-unsaturated/α-hetero) is 1. The summed E-state index contributed by atoms with van der Waals surface area (Å²) >= 11 is 0. The number of ketones is 1. The van der Waals surface area contributed by atoms with Crippen LogP contribution in [0.1, 0.15) is 34.7 Å². The van der Waals surface area contributed by atoms with Crippen LogP contribution in [0.25, 0.3) is 0 Å². The van der Waals surface area contributed by atoms with Crippen LogP contribution in [0.3, 0.4) is 0 Å². The number of nitrogens with zero attached hydrogens (tertiary/aromatic N) is 2. The highest BCUT2D eigenvalue weighted by molar-refractivity contribution is 5.98. The van der Waals surface area contributed by atoms with E-state index in [-0.39, 0.29) is 24.1 Å². The van der Waals surface area contributed by atoms with Gasteiger partial charge < -0.3 is 14.0 Å². The van der Waals surface area contributed by atoms with Crippen LogP contribution in [0.5, 0.6) is 5.75 Å². The fourth-order valence-corrected chi connectivity index (χ4v) is 2.94. The highest BCUT2D eigenvalue weighted by Crippen LogP contribution is 2.22. The summed E-state index contributed by atoms with van der Waals surface area (Å²) in [7, 11) is 1.65. The molecule has 1 heterocycles. The molecule has 0 bridgehead atoms. The maximum Gasteiger partial charge on any atom is 0.269 e. The second-order valence-electron chi connectivity index (χ2n) is 5.92. The van der Waals surface area contributed by atoms with Crippen molar-refractivity contribution in [3.8, 4) is 5.75 Å². The van der Waals surface area contributed by atoms with Gasteiger partial charge in [0.15, 0.2) is 6.61 Å². The molecular weight excluding hydrogens is 324 g/mol. The third kappa shape index (κ3) is 4.24. The molecule has 25 heavy (non-hydrogen) atoms. The van der Waals surface area contributed by atoms with Crippen LogP contribution in [0.4, 0.5) is 5.69 Å². The fraction of sp³-hybridized carbons (Fsp3) is 0.389. The predicted molar refractivity (Wildman–Crippen MR) is 93.4 cm³/mol. The Hall–Kier alpha value is -2.67. The van der Waals surface area contributed by atoms with Gasteiger partial charge in [-0.2, -0.15) is 0 Å². The number of aryl methyl sites for hydroxylation is 1. The first-order chi connectivity index (χ1) is 11.8. The van der Waals surface area contributed by atoms with Crippen LogP contribution < -0.4 is 4.74 Å². The number of hydrogen-bond donors (Lipinski definition) is 0. The molecule has 134 valence electrons. The van der Waals surface area contributed by atoms with E-state index >= 15 is 0 Å². The third-order valence-corrected chi connectivity index (χ3v) is 4.05. The lowest BCUT2D eigenvalue weighted by Gasteiger charge is -2.17. The second kappa shape index (κ2) is 7.94.